The lowest BCUT2D eigenvalue weighted by molar-refractivity contribution is -0.144. The molecule has 2 aliphatic heterocycles. The number of carbonyl (C=O) groups excluding carboxylic acids is 5. The number of likely N-dealkylation sites (tertiary alicyclic amines) is 1. The zero-order valence-corrected chi connectivity index (χ0v) is 29.5. The minimum atomic E-state index is -1.20. The standard InChI is InChI=1S/C37H43N7O9/c1-40(25-14-15-25)36(50)30-13-8-18-43(30)31(45)24-52-32-23-29(39-44(32)26-9-4-2-5-10-26)34(48)38-28(16-17-33(46)47)35(49)41-19-21-42(22-20-41)37(51)53-27-11-6-3-7-12-27/h2-7,9-12,23,25,28,30H,8,13-22,24H2,1H3,(H,38,48)(H,46,47). The number of likely N-dealkylation sites (N-methyl/N-ethyl adjacent to an activating group) is 1. The number of aliphatic carboxylic acids is 1. The lowest BCUT2D eigenvalue weighted by Gasteiger charge is -2.35. The summed E-state index contributed by atoms with van der Waals surface area (Å²) >= 11 is 0. The molecule has 5 amide bonds. The molecule has 3 aromatic rings. The Morgan fingerprint density at radius 3 is 2.23 bits per heavy atom. The van der Waals surface area contributed by atoms with Crippen LogP contribution in [-0.2, 0) is 19.2 Å². The van der Waals surface area contributed by atoms with Crippen molar-refractivity contribution in [2.45, 2.75) is 56.7 Å². The minimum absolute atomic E-state index is 0.0777. The van der Waals surface area contributed by atoms with Crippen molar-refractivity contribution in [2.75, 3.05) is 46.4 Å². The van der Waals surface area contributed by atoms with Crippen LogP contribution in [0.15, 0.2) is 66.7 Å². The molecule has 16 nitrogen and oxygen atoms in total. The minimum Gasteiger partial charge on any atom is -0.481 e. The van der Waals surface area contributed by atoms with Crippen molar-refractivity contribution in [2.24, 2.45) is 0 Å². The van der Waals surface area contributed by atoms with Crippen LogP contribution < -0.4 is 14.8 Å². The van der Waals surface area contributed by atoms with Crippen molar-refractivity contribution in [3.05, 3.63) is 72.4 Å². The molecule has 1 aromatic heterocycles. The molecule has 0 bridgehead atoms. The molecule has 0 spiro atoms. The third kappa shape index (κ3) is 9.12. The normalized spacial score (nSPS) is 17.5. The number of carbonyl (C=O) groups is 6. The number of carboxylic acids is 1. The van der Waals surface area contributed by atoms with E-state index in [2.05, 4.69) is 10.4 Å². The Balaban J connectivity index is 1.12. The van der Waals surface area contributed by atoms with E-state index in [1.165, 1.54) is 20.5 Å². The summed E-state index contributed by atoms with van der Waals surface area (Å²) in [6.45, 7) is 0.694. The second-order valence-corrected chi connectivity index (χ2v) is 13.3. The number of carboxylic acid groups (broad SMARTS) is 1. The topological polar surface area (TPSA) is 184 Å². The summed E-state index contributed by atoms with van der Waals surface area (Å²) in [6.07, 6.45) is 2.08. The number of aromatic nitrogens is 2. The molecule has 1 aliphatic carbocycles. The fourth-order valence-electron chi connectivity index (χ4n) is 6.49. The molecule has 3 aliphatic rings. The van der Waals surface area contributed by atoms with Crippen LogP contribution in [0.3, 0.4) is 0 Å². The molecule has 2 N–H and O–H groups in total. The van der Waals surface area contributed by atoms with Crippen LogP contribution in [-0.4, -0.2) is 135 Å². The van der Waals surface area contributed by atoms with E-state index in [1.807, 2.05) is 0 Å². The average molecular weight is 730 g/mol. The van der Waals surface area contributed by atoms with Gasteiger partial charge in [-0.1, -0.05) is 36.4 Å². The van der Waals surface area contributed by atoms with Gasteiger partial charge in [0.25, 0.3) is 11.8 Å². The predicted molar refractivity (Wildman–Crippen MR) is 188 cm³/mol. The largest absolute Gasteiger partial charge is 0.481 e. The molecule has 16 heteroatoms. The maximum Gasteiger partial charge on any atom is 0.415 e. The van der Waals surface area contributed by atoms with Gasteiger partial charge in [0.1, 0.15) is 17.8 Å². The quantitative estimate of drug-likeness (QED) is 0.264. The molecule has 0 radical (unpaired) electrons. The number of amides is 5. The van der Waals surface area contributed by atoms with Crippen LogP contribution in [0.25, 0.3) is 5.69 Å². The monoisotopic (exact) mass is 729 g/mol. The molecular formula is C37H43N7O9. The maximum atomic E-state index is 13.7. The van der Waals surface area contributed by atoms with Crippen molar-refractivity contribution in [1.82, 2.24) is 34.7 Å². The second kappa shape index (κ2) is 16.6. The van der Waals surface area contributed by atoms with Crippen LogP contribution in [0.2, 0.25) is 0 Å². The SMILES string of the molecule is CN(C(=O)C1CCCN1C(=O)COc1cc(C(=O)NC(CCC(=O)O)C(=O)N2CCN(C(=O)Oc3ccccc3)CC2)nn1-c1ccccc1)C1CC1. The van der Waals surface area contributed by atoms with E-state index in [9.17, 15) is 33.9 Å². The van der Waals surface area contributed by atoms with Gasteiger partial charge in [-0.05, 0) is 56.4 Å². The fourth-order valence-corrected chi connectivity index (χ4v) is 6.49. The van der Waals surface area contributed by atoms with E-state index in [-0.39, 0.29) is 68.5 Å². The van der Waals surface area contributed by atoms with Gasteiger partial charge in [-0.25, -0.2) is 9.48 Å². The smallest absolute Gasteiger partial charge is 0.415 e. The van der Waals surface area contributed by atoms with Gasteiger partial charge in [-0.15, -0.1) is 0 Å². The summed E-state index contributed by atoms with van der Waals surface area (Å²) in [4.78, 5) is 84.1. The Bertz CT molecular complexity index is 1810. The number of nitrogens with one attached hydrogen (secondary N) is 1. The van der Waals surface area contributed by atoms with E-state index in [4.69, 9.17) is 9.47 Å². The highest BCUT2D eigenvalue weighted by atomic mass is 16.6. The predicted octanol–water partition coefficient (Wildman–Crippen LogP) is 2.17. The van der Waals surface area contributed by atoms with E-state index >= 15 is 0 Å². The first-order valence-electron chi connectivity index (χ1n) is 17.8. The van der Waals surface area contributed by atoms with Crippen LogP contribution in [0.1, 0.15) is 49.0 Å². The van der Waals surface area contributed by atoms with Crippen molar-refractivity contribution in [3.8, 4) is 17.3 Å². The number of para-hydroxylation sites is 2. The highest BCUT2D eigenvalue weighted by molar-refractivity contribution is 5.96. The lowest BCUT2D eigenvalue weighted by atomic mass is 10.1. The van der Waals surface area contributed by atoms with Crippen molar-refractivity contribution < 1.29 is 43.3 Å². The van der Waals surface area contributed by atoms with Crippen LogP contribution in [0, 0.1) is 0 Å². The van der Waals surface area contributed by atoms with E-state index in [0.717, 1.165) is 12.8 Å². The Labute approximate surface area is 306 Å². The number of rotatable bonds is 13. The van der Waals surface area contributed by atoms with Crippen LogP contribution >= 0.6 is 0 Å². The highest BCUT2D eigenvalue weighted by Crippen LogP contribution is 2.29. The summed E-state index contributed by atoms with van der Waals surface area (Å²) in [6, 6.07) is 17.2. The molecule has 3 fully saturated rings. The van der Waals surface area contributed by atoms with Gasteiger partial charge in [-0.3, -0.25) is 24.0 Å². The van der Waals surface area contributed by atoms with Crippen molar-refractivity contribution in [3.63, 3.8) is 0 Å². The number of benzene rings is 2. The summed E-state index contributed by atoms with van der Waals surface area (Å²) in [7, 11) is 1.77. The number of hydrogen-bond donors (Lipinski definition) is 2. The molecular weight excluding hydrogens is 686 g/mol. The van der Waals surface area contributed by atoms with Gasteiger partial charge in [0.2, 0.25) is 17.7 Å². The molecule has 2 aromatic carbocycles. The molecule has 2 saturated heterocycles. The Kier molecular flexibility index (Phi) is 11.5. The molecule has 2 atom stereocenters. The Morgan fingerprint density at radius 1 is 0.906 bits per heavy atom. The van der Waals surface area contributed by atoms with E-state index in [1.54, 1.807) is 77.5 Å². The molecule has 1 saturated carbocycles. The third-order valence-corrected chi connectivity index (χ3v) is 9.60. The van der Waals surface area contributed by atoms with E-state index < -0.39 is 42.6 Å². The van der Waals surface area contributed by atoms with Crippen molar-refractivity contribution >= 4 is 35.7 Å². The van der Waals surface area contributed by atoms with Gasteiger partial charge < -0.3 is 39.5 Å². The van der Waals surface area contributed by atoms with Gasteiger partial charge in [0, 0.05) is 58.3 Å². The Morgan fingerprint density at radius 2 is 1.57 bits per heavy atom. The Hall–Kier alpha value is -5.93. The molecule has 6 rings (SSSR count). The highest BCUT2D eigenvalue weighted by Gasteiger charge is 2.40. The second-order valence-electron chi connectivity index (χ2n) is 13.3. The summed E-state index contributed by atoms with van der Waals surface area (Å²) in [5.41, 5.74) is 0.412. The van der Waals surface area contributed by atoms with Crippen LogP contribution in [0.5, 0.6) is 11.6 Å². The molecule has 2 unspecified atom stereocenters. The van der Waals surface area contributed by atoms with Gasteiger partial charge >= 0.3 is 12.1 Å². The van der Waals surface area contributed by atoms with Gasteiger partial charge in [-0.2, -0.15) is 5.10 Å². The van der Waals surface area contributed by atoms with E-state index in [0.29, 0.717) is 30.8 Å². The van der Waals surface area contributed by atoms with Gasteiger partial charge in [0.15, 0.2) is 12.3 Å². The maximum absolute atomic E-state index is 13.7. The van der Waals surface area contributed by atoms with Crippen molar-refractivity contribution in [1.29, 1.82) is 0 Å². The first kappa shape index (κ1) is 36.8. The summed E-state index contributed by atoms with van der Waals surface area (Å²) in [5.74, 6) is -2.36. The number of piperazine rings is 1. The first-order valence-corrected chi connectivity index (χ1v) is 17.8. The zero-order chi connectivity index (χ0) is 37.5. The number of nitrogens with zero attached hydrogens (tertiary/aromatic N) is 6. The lowest BCUT2D eigenvalue weighted by Crippen LogP contribution is -2.56. The summed E-state index contributed by atoms with van der Waals surface area (Å²) < 4.78 is 12.7. The van der Waals surface area contributed by atoms with Crippen LogP contribution in [0.4, 0.5) is 4.79 Å². The fraction of sp³-hybridized carbons (Fsp3) is 0.432. The number of hydrogen-bond acceptors (Lipinski definition) is 9. The molecule has 3 heterocycles. The summed E-state index contributed by atoms with van der Waals surface area (Å²) in [5, 5.41) is 16.5. The first-order chi connectivity index (χ1) is 25.6. The molecule has 53 heavy (non-hydrogen) atoms. The van der Waals surface area contributed by atoms with Gasteiger partial charge in [0.05, 0.1) is 5.69 Å². The average Bonchev–Trinajstić information content (AvgIpc) is 3.74. The zero-order valence-electron chi connectivity index (χ0n) is 29.5. The molecule has 280 valence electrons. The third-order valence-electron chi connectivity index (χ3n) is 9.60. The number of ether oxygens (including phenoxy) is 2.